The van der Waals surface area contributed by atoms with Gasteiger partial charge in [0.2, 0.25) is 5.88 Å². The lowest BCUT2D eigenvalue weighted by molar-refractivity contribution is 0.310. The number of hydrogen-bond donors (Lipinski definition) is 1. The molecule has 0 amide bonds. The molecule has 0 unspecified atom stereocenters. The molecule has 0 bridgehead atoms. The van der Waals surface area contributed by atoms with E-state index in [9.17, 15) is 0 Å². The van der Waals surface area contributed by atoms with Crippen LogP contribution in [0.15, 0.2) is 30.5 Å². The third-order valence-corrected chi connectivity index (χ3v) is 2.54. The number of pyridine rings is 1. The van der Waals surface area contributed by atoms with E-state index in [0.29, 0.717) is 12.5 Å². The van der Waals surface area contributed by atoms with Crippen LogP contribution in [0.25, 0.3) is 10.8 Å². The summed E-state index contributed by atoms with van der Waals surface area (Å²) in [6.45, 7) is 1.39. The Bertz CT molecular complexity index is 500. The summed E-state index contributed by atoms with van der Waals surface area (Å²) in [6, 6.07) is 7.78. The summed E-state index contributed by atoms with van der Waals surface area (Å²) >= 11 is 0. The Hall–Kier alpha value is -1.81. The summed E-state index contributed by atoms with van der Waals surface area (Å²) in [6.07, 6.45) is 1.74. The summed E-state index contributed by atoms with van der Waals surface area (Å²) in [5.74, 6) is 1.49. The highest BCUT2D eigenvalue weighted by molar-refractivity contribution is 5.91. The van der Waals surface area contributed by atoms with Crippen LogP contribution >= 0.6 is 0 Å². The average molecular weight is 232 g/mol. The number of ether oxygens (including phenoxy) is 2. The molecule has 4 heteroatoms. The zero-order valence-corrected chi connectivity index (χ0v) is 10.1. The topological polar surface area (TPSA) is 43.4 Å². The lowest BCUT2D eigenvalue weighted by Gasteiger charge is -2.09. The Kier molecular flexibility index (Phi) is 3.77. The number of aromatic nitrogens is 1. The molecule has 4 nitrogen and oxygen atoms in total. The lowest BCUT2D eigenvalue weighted by Crippen LogP contribution is -2.16. The van der Waals surface area contributed by atoms with Crippen molar-refractivity contribution in [3.05, 3.63) is 30.5 Å². The number of rotatable bonds is 5. The standard InChI is InChI=1S/C13H16N2O2/c1-14-8-9-17-13-11-4-3-5-12(16-2)10(11)6-7-15-13/h3-7,14H,8-9H2,1-2H3. The van der Waals surface area contributed by atoms with Gasteiger partial charge in [0.1, 0.15) is 12.4 Å². The van der Waals surface area contributed by atoms with Crippen molar-refractivity contribution >= 4 is 10.8 Å². The first kappa shape index (κ1) is 11.7. The predicted molar refractivity (Wildman–Crippen MR) is 67.7 cm³/mol. The minimum Gasteiger partial charge on any atom is -0.496 e. The molecular weight excluding hydrogens is 216 g/mol. The molecule has 90 valence electrons. The van der Waals surface area contributed by atoms with Crippen molar-refractivity contribution in [2.24, 2.45) is 0 Å². The van der Waals surface area contributed by atoms with Gasteiger partial charge in [-0.1, -0.05) is 6.07 Å². The SMILES string of the molecule is CNCCOc1nccc2c(OC)cccc12. The molecule has 1 aromatic heterocycles. The van der Waals surface area contributed by atoms with Gasteiger partial charge in [0, 0.05) is 23.5 Å². The van der Waals surface area contributed by atoms with Crippen LogP contribution < -0.4 is 14.8 Å². The normalized spacial score (nSPS) is 10.5. The molecule has 0 saturated carbocycles. The fourth-order valence-corrected chi connectivity index (χ4v) is 1.69. The van der Waals surface area contributed by atoms with Gasteiger partial charge in [-0.15, -0.1) is 0 Å². The van der Waals surface area contributed by atoms with E-state index in [1.165, 1.54) is 0 Å². The molecule has 2 rings (SSSR count). The van der Waals surface area contributed by atoms with Gasteiger partial charge >= 0.3 is 0 Å². The summed E-state index contributed by atoms with van der Waals surface area (Å²) < 4.78 is 10.9. The third kappa shape index (κ3) is 2.47. The Morgan fingerprint density at radius 3 is 2.88 bits per heavy atom. The second-order valence-corrected chi connectivity index (χ2v) is 3.62. The van der Waals surface area contributed by atoms with Gasteiger partial charge < -0.3 is 14.8 Å². The second kappa shape index (κ2) is 5.50. The maximum atomic E-state index is 5.63. The minimum atomic E-state index is 0.597. The first-order valence-corrected chi connectivity index (χ1v) is 5.56. The van der Waals surface area contributed by atoms with E-state index in [2.05, 4.69) is 10.3 Å². The van der Waals surface area contributed by atoms with Crippen molar-refractivity contribution in [1.29, 1.82) is 0 Å². The monoisotopic (exact) mass is 232 g/mol. The lowest BCUT2D eigenvalue weighted by atomic mass is 10.1. The number of likely N-dealkylation sites (N-methyl/N-ethyl adjacent to an activating group) is 1. The Labute approximate surface area is 101 Å². The van der Waals surface area contributed by atoms with Crippen molar-refractivity contribution in [3.63, 3.8) is 0 Å². The van der Waals surface area contributed by atoms with Gasteiger partial charge in [0.25, 0.3) is 0 Å². The van der Waals surface area contributed by atoms with Crippen LogP contribution in [0.5, 0.6) is 11.6 Å². The van der Waals surface area contributed by atoms with Crippen LogP contribution in [-0.2, 0) is 0 Å². The molecule has 0 aliphatic heterocycles. The van der Waals surface area contributed by atoms with Crippen LogP contribution in [0.3, 0.4) is 0 Å². The average Bonchev–Trinajstić information content (AvgIpc) is 2.38. The maximum absolute atomic E-state index is 5.63. The first-order valence-electron chi connectivity index (χ1n) is 5.56. The van der Waals surface area contributed by atoms with Crippen molar-refractivity contribution in [3.8, 4) is 11.6 Å². The summed E-state index contributed by atoms with van der Waals surface area (Å²) in [5, 5.41) is 5.02. The number of nitrogens with zero attached hydrogens (tertiary/aromatic N) is 1. The zero-order chi connectivity index (χ0) is 12.1. The van der Waals surface area contributed by atoms with Gasteiger partial charge in [-0.25, -0.2) is 4.98 Å². The van der Waals surface area contributed by atoms with E-state index < -0.39 is 0 Å². The van der Waals surface area contributed by atoms with Gasteiger partial charge in [-0.2, -0.15) is 0 Å². The number of benzene rings is 1. The van der Waals surface area contributed by atoms with E-state index in [4.69, 9.17) is 9.47 Å². The Balaban J connectivity index is 2.36. The molecule has 0 fully saturated rings. The molecular formula is C13H16N2O2. The highest BCUT2D eigenvalue weighted by atomic mass is 16.5. The molecule has 1 N–H and O–H groups in total. The number of fused-ring (bicyclic) bond motifs is 1. The molecule has 0 aliphatic rings. The highest BCUT2D eigenvalue weighted by Gasteiger charge is 2.06. The smallest absolute Gasteiger partial charge is 0.221 e. The minimum absolute atomic E-state index is 0.597. The first-order chi connectivity index (χ1) is 8.36. The summed E-state index contributed by atoms with van der Waals surface area (Å²) in [7, 11) is 3.56. The van der Waals surface area contributed by atoms with Crippen LogP contribution in [-0.4, -0.2) is 32.3 Å². The number of methoxy groups -OCH3 is 1. The van der Waals surface area contributed by atoms with E-state index in [1.54, 1.807) is 13.3 Å². The number of hydrogen-bond acceptors (Lipinski definition) is 4. The van der Waals surface area contributed by atoms with Gasteiger partial charge in [0.15, 0.2) is 0 Å². The fraction of sp³-hybridized carbons (Fsp3) is 0.308. The molecule has 0 aliphatic carbocycles. The zero-order valence-electron chi connectivity index (χ0n) is 10.1. The van der Waals surface area contributed by atoms with Crippen LogP contribution in [0.4, 0.5) is 0 Å². The van der Waals surface area contributed by atoms with Gasteiger partial charge in [-0.3, -0.25) is 0 Å². The quantitative estimate of drug-likeness (QED) is 0.799. The fourth-order valence-electron chi connectivity index (χ4n) is 1.69. The van der Waals surface area contributed by atoms with Crippen LogP contribution in [0.1, 0.15) is 0 Å². The molecule has 2 aromatic rings. The molecule has 0 saturated heterocycles. The van der Waals surface area contributed by atoms with Crippen molar-refractivity contribution in [2.75, 3.05) is 27.3 Å². The largest absolute Gasteiger partial charge is 0.496 e. The van der Waals surface area contributed by atoms with Crippen molar-refractivity contribution in [1.82, 2.24) is 10.3 Å². The second-order valence-electron chi connectivity index (χ2n) is 3.62. The Morgan fingerprint density at radius 2 is 2.12 bits per heavy atom. The van der Waals surface area contributed by atoms with E-state index >= 15 is 0 Å². The third-order valence-electron chi connectivity index (χ3n) is 2.54. The number of nitrogens with one attached hydrogen (secondary N) is 1. The van der Waals surface area contributed by atoms with Gasteiger partial charge in [0.05, 0.1) is 7.11 Å². The molecule has 1 heterocycles. The molecule has 17 heavy (non-hydrogen) atoms. The van der Waals surface area contributed by atoms with Crippen LogP contribution in [0.2, 0.25) is 0 Å². The highest BCUT2D eigenvalue weighted by Crippen LogP contribution is 2.29. The van der Waals surface area contributed by atoms with Crippen molar-refractivity contribution in [2.45, 2.75) is 0 Å². The maximum Gasteiger partial charge on any atom is 0.221 e. The van der Waals surface area contributed by atoms with Crippen molar-refractivity contribution < 1.29 is 9.47 Å². The van der Waals surface area contributed by atoms with E-state index in [0.717, 1.165) is 23.1 Å². The summed E-state index contributed by atoms with van der Waals surface area (Å²) in [5.41, 5.74) is 0. The van der Waals surface area contributed by atoms with E-state index in [1.807, 2.05) is 31.3 Å². The Morgan fingerprint density at radius 1 is 1.24 bits per heavy atom. The van der Waals surface area contributed by atoms with Crippen LogP contribution in [0, 0.1) is 0 Å². The molecule has 0 radical (unpaired) electrons. The van der Waals surface area contributed by atoms with Gasteiger partial charge in [-0.05, 0) is 25.2 Å². The molecule has 0 spiro atoms. The molecule has 1 aromatic carbocycles. The predicted octanol–water partition coefficient (Wildman–Crippen LogP) is 1.84. The molecule has 0 atom stereocenters. The summed E-state index contributed by atoms with van der Waals surface area (Å²) in [4.78, 5) is 4.25. The van der Waals surface area contributed by atoms with E-state index in [-0.39, 0.29) is 0 Å².